The van der Waals surface area contributed by atoms with Gasteiger partial charge in [0.15, 0.2) is 0 Å². The molecule has 0 unspecified atom stereocenters. The number of aliphatic hydroxyl groups excluding tert-OH is 1. The molecule has 0 radical (unpaired) electrons. The second-order valence-electron chi connectivity index (χ2n) is 3.26. The molecule has 0 aliphatic heterocycles. The number of benzene rings is 1. The maximum absolute atomic E-state index is 10.5. The number of ether oxygens (including phenoxy) is 2. The Morgan fingerprint density at radius 3 is 2.12 bits per heavy atom. The van der Waals surface area contributed by atoms with Crippen LogP contribution in [0.4, 0.5) is 0 Å². The number of hydrogen-bond donors (Lipinski definition) is 2. The molecule has 0 heterocycles. The van der Waals surface area contributed by atoms with Crippen molar-refractivity contribution in [3.8, 4) is 11.5 Å². The monoisotopic (exact) mass is 226 g/mol. The smallest absolute Gasteiger partial charge is 0.306 e. The van der Waals surface area contributed by atoms with E-state index in [1.165, 1.54) is 14.2 Å². The van der Waals surface area contributed by atoms with Gasteiger partial charge in [0.25, 0.3) is 0 Å². The summed E-state index contributed by atoms with van der Waals surface area (Å²) >= 11 is 0. The predicted octanol–water partition coefficient (Wildman–Crippen LogP) is 1.21. The Hall–Kier alpha value is -1.75. The normalized spacial score (nSPS) is 11.9. The largest absolute Gasteiger partial charge is 0.497 e. The number of carboxylic acid groups (broad SMARTS) is 1. The molecule has 5 nitrogen and oxygen atoms in total. The Bertz CT molecular complexity index is 352. The minimum absolute atomic E-state index is 0.351. The minimum Gasteiger partial charge on any atom is -0.497 e. The highest BCUT2D eigenvalue weighted by atomic mass is 16.5. The topological polar surface area (TPSA) is 76.0 Å². The zero-order valence-corrected chi connectivity index (χ0v) is 9.14. The molecule has 0 fully saturated rings. The van der Waals surface area contributed by atoms with Crippen LogP contribution in [-0.4, -0.2) is 30.4 Å². The standard InChI is InChI=1S/C11H14O5/c1-15-8-3-7(4-9(5-8)16-2)10(12)6-11(13)14/h3-5,10,12H,6H2,1-2H3,(H,13,14)/t10-/m0/s1. The van der Waals surface area contributed by atoms with Gasteiger partial charge in [-0.2, -0.15) is 0 Å². The maximum atomic E-state index is 10.5. The van der Waals surface area contributed by atoms with Crippen molar-refractivity contribution in [2.75, 3.05) is 14.2 Å². The highest BCUT2D eigenvalue weighted by molar-refractivity contribution is 5.67. The number of carbonyl (C=O) groups is 1. The zero-order chi connectivity index (χ0) is 12.1. The third-order valence-electron chi connectivity index (χ3n) is 2.13. The number of hydrogen-bond acceptors (Lipinski definition) is 4. The lowest BCUT2D eigenvalue weighted by molar-refractivity contribution is -0.139. The molecule has 1 rings (SSSR count). The van der Waals surface area contributed by atoms with Crippen LogP contribution < -0.4 is 9.47 Å². The average molecular weight is 226 g/mol. The van der Waals surface area contributed by atoms with Gasteiger partial charge in [-0.3, -0.25) is 4.79 Å². The van der Waals surface area contributed by atoms with Crippen molar-refractivity contribution >= 4 is 5.97 Å². The predicted molar refractivity (Wildman–Crippen MR) is 56.8 cm³/mol. The van der Waals surface area contributed by atoms with Gasteiger partial charge < -0.3 is 19.7 Å². The molecule has 0 saturated heterocycles. The van der Waals surface area contributed by atoms with Crippen LogP contribution in [0.25, 0.3) is 0 Å². The van der Waals surface area contributed by atoms with E-state index in [2.05, 4.69) is 0 Å². The van der Waals surface area contributed by atoms with Gasteiger partial charge in [-0.15, -0.1) is 0 Å². The number of methoxy groups -OCH3 is 2. The van der Waals surface area contributed by atoms with E-state index in [9.17, 15) is 9.90 Å². The van der Waals surface area contributed by atoms with Crippen molar-refractivity contribution in [3.05, 3.63) is 23.8 Å². The van der Waals surface area contributed by atoms with Crippen molar-refractivity contribution < 1.29 is 24.5 Å². The van der Waals surface area contributed by atoms with Crippen LogP contribution in [0.1, 0.15) is 18.1 Å². The molecular formula is C11H14O5. The van der Waals surface area contributed by atoms with Gasteiger partial charge in [0.05, 0.1) is 26.7 Å². The fourth-order valence-corrected chi connectivity index (χ4v) is 1.31. The molecule has 5 heteroatoms. The first-order valence-electron chi connectivity index (χ1n) is 4.69. The van der Waals surface area contributed by atoms with Gasteiger partial charge in [0.2, 0.25) is 0 Å². The molecule has 1 atom stereocenters. The van der Waals surface area contributed by atoms with E-state index in [1.54, 1.807) is 18.2 Å². The summed E-state index contributed by atoms with van der Waals surface area (Å²) in [5.74, 6) is -0.0353. The molecule has 0 bridgehead atoms. The van der Waals surface area contributed by atoms with E-state index in [-0.39, 0.29) is 6.42 Å². The second-order valence-corrected chi connectivity index (χ2v) is 3.26. The third-order valence-corrected chi connectivity index (χ3v) is 2.13. The molecule has 0 saturated carbocycles. The van der Waals surface area contributed by atoms with E-state index in [4.69, 9.17) is 14.6 Å². The highest BCUT2D eigenvalue weighted by Crippen LogP contribution is 2.27. The molecule has 0 spiro atoms. The van der Waals surface area contributed by atoms with E-state index < -0.39 is 12.1 Å². The van der Waals surface area contributed by atoms with Crippen molar-refractivity contribution in [3.63, 3.8) is 0 Å². The summed E-state index contributed by atoms with van der Waals surface area (Å²) in [6.07, 6.45) is -1.42. The summed E-state index contributed by atoms with van der Waals surface area (Å²) in [7, 11) is 2.98. The lowest BCUT2D eigenvalue weighted by Gasteiger charge is -2.12. The van der Waals surface area contributed by atoms with E-state index >= 15 is 0 Å². The Morgan fingerprint density at radius 2 is 1.75 bits per heavy atom. The molecule has 88 valence electrons. The van der Waals surface area contributed by atoms with Gasteiger partial charge in [-0.1, -0.05) is 0 Å². The summed E-state index contributed by atoms with van der Waals surface area (Å²) in [5, 5.41) is 18.2. The van der Waals surface area contributed by atoms with E-state index in [0.717, 1.165) is 0 Å². The number of carboxylic acids is 1. The van der Waals surface area contributed by atoms with E-state index in [0.29, 0.717) is 17.1 Å². The summed E-state index contributed by atoms with van der Waals surface area (Å²) in [5.41, 5.74) is 0.457. The van der Waals surface area contributed by atoms with Crippen molar-refractivity contribution in [2.24, 2.45) is 0 Å². The third kappa shape index (κ3) is 3.13. The highest BCUT2D eigenvalue weighted by Gasteiger charge is 2.14. The SMILES string of the molecule is COc1cc(OC)cc([C@@H](O)CC(=O)O)c1. The van der Waals surface area contributed by atoms with Gasteiger partial charge in [0.1, 0.15) is 11.5 Å². The average Bonchev–Trinajstić information content (AvgIpc) is 2.27. The lowest BCUT2D eigenvalue weighted by atomic mass is 10.1. The van der Waals surface area contributed by atoms with Crippen LogP contribution in [0, 0.1) is 0 Å². The number of rotatable bonds is 5. The zero-order valence-electron chi connectivity index (χ0n) is 9.14. The molecule has 2 N–H and O–H groups in total. The van der Waals surface area contributed by atoms with Gasteiger partial charge in [-0.05, 0) is 17.7 Å². The summed E-state index contributed by atoms with van der Waals surface area (Å²) in [4.78, 5) is 10.5. The molecule has 0 amide bonds. The van der Waals surface area contributed by atoms with Crippen molar-refractivity contribution in [1.82, 2.24) is 0 Å². The first kappa shape index (κ1) is 12.3. The molecule has 0 aromatic heterocycles. The van der Waals surface area contributed by atoms with Crippen molar-refractivity contribution in [1.29, 1.82) is 0 Å². The molecule has 0 aliphatic rings. The first-order chi connectivity index (χ1) is 7.56. The fourth-order valence-electron chi connectivity index (χ4n) is 1.31. The van der Waals surface area contributed by atoms with Crippen molar-refractivity contribution in [2.45, 2.75) is 12.5 Å². The van der Waals surface area contributed by atoms with Gasteiger partial charge >= 0.3 is 5.97 Å². The number of aliphatic hydroxyl groups is 1. The lowest BCUT2D eigenvalue weighted by Crippen LogP contribution is -2.05. The molecular weight excluding hydrogens is 212 g/mol. The summed E-state index contributed by atoms with van der Waals surface area (Å²) < 4.78 is 10.0. The molecule has 0 aliphatic carbocycles. The molecule has 1 aromatic carbocycles. The van der Waals surface area contributed by atoms with Crippen LogP contribution in [0.5, 0.6) is 11.5 Å². The fraction of sp³-hybridized carbons (Fsp3) is 0.364. The van der Waals surface area contributed by atoms with Crippen LogP contribution in [0.2, 0.25) is 0 Å². The minimum atomic E-state index is -1.07. The first-order valence-corrected chi connectivity index (χ1v) is 4.69. The Morgan fingerprint density at radius 1 is 1.25 bits per heavy atom. The van der Waals surface area contributed by atoms with Crippen LogP contribution in [0.3, 0.4) is 0 Å². The molecule has 16 heavy (non-hydrogen) atoms. The second kappa shape index (κ2) is 5.37. The Labute approximate surface area is 93.2 Å². The van der Waals surface area contributed by atoms with E-state index in [1.807, 2.05) is 0 Å². The molecule has 1 aromatic rings. The number of aliphatic carboxylic acids is 1. The Kier molecular flexibility index (Phi) is 4.13. The van der Waals surface area contributed by atoms with Crippen LogP contribution in [0.15, 0.2) is 18.2 Å². The van der Waals surface area contributed by atoms with Crippen LogP contribution >= 0.6 is 0 Å². The van der Waals surface area contributed by atoms with Gasteiger partial charge in [0, 0.05) is 6.07 Å². The maximum Gasteiger partial charge on any atom is 0.306 e. The quantitative estimate of drug-likeness (QED) is 0.789. The van der Waals surface area contributed by atoms with Crippen LogP contribution in [-0.2, 0) is 4.79 Å². The summed E-state index contributed by atoms with van der Waals surface area (Å²) in [6.45, 7) is 0. The summed E-state index contributed by atoms with van der Waals surface area (Å²) in [6, 6.07) is 4.81. The Balaban J connectivity index is 2.97. The van der Waals surface area contributed by atoms with Gasteiger partial charge in [-0.25, -0.2) is 0 Å².